The van der Waals surface area contributed by atoms with Crippen LogP contribution < -0.4 is 10.6 Å². The van der Waals surface area contributed by atoms with Gasteiger partial charge in [-0.25, -0.2) is 4.39 Å². The summed E-state index contributed by atoms with van der Waals surface area (Å²) >= 11 is 0. The van der Waals surface area contributed by atoms with Gasteiger partial charge in [0.15, 0.2) is 0 Å². The molecule has 1 aromatic rings. The fraction of sp³-hybridized carbons (Fsp3) is 0.571. The number of nitrogens with two attached hydrogens (primary N) is 1. The lowest BCUT2D eigenvalue weighted by molar-refractivity contribution is 0.356. The molecule has 1 aliphatic heterocycles. The molecule has 2 atom stereocenters. The predicted molar refractivity (Wildman–Crippen MR) is 69.4 cm³/mol. The summed E-state index contributed by atoms with van der Waals surface area (Å²) in [5.74, 6) is 1.18. The van der Waals surface area contributed by atoms with Crippen molar-refractivity contribution in [1.29, 1.82) is 0 Å². The van der Waals surface area contributed by atoms with Crippen LogP contribution in [0.15, 0.2) is 18.2 Å². The van der Waals surface area contributed by atoms with Gasteiger partial charge in [-0.2, -0.15) is 0 Å². The molecule has 2 rings (SSSR count). The van der Waals surface area contributed by atoms with Crippen LogP contribution >= 0.6 is 0 Å². The van der Waals surface area contributed by atoms with Gasteiger partial charge in [-0.1, -0.05) is 13.8 Å². The summed E-state index contributed by atoms with van der Waals surface area (Å²) in [5.41, 5.74) is 7.71. The second kappa shape index (κ2) is 5.05. The Bertz CT molecular complexity index is 382. The standard InChI is InChI=1S/C14H21FN2/c1-10-5-11(2)9-17(8-10)14-4-3-13(15)6-12(14)7-16/h3-4,6,10-11H,5,7-9,16H2,1-2H3. The molecule has 2 N–H and O–H groups in total. The van der Waals surface area contributed by atoms with Gasteiger partial charge in [-0.15, -0.1) is 0 Å². The zero-order chi connectivity index (χ0) is 12.4. The molecule has 0 saturated carbocycles. The van der Waals surface area contributed by atoms with Gasteiger partial charge >= 0.3 is 0 Å². The number of nitrogens with zero attached hydrogens (tertiary/aromatic N) is 1. The van der Waals surface area contributed by atoms with Crippen molar-refractivity contribution < 1.29 is 4.39 Å². The number of hydrogen-bond donors (Lipinski definition) is 1. The van der Waals surface area contributed by atoms with E-state index in [1.807, 2.05) is 6.07 Å². The largest absolute Gasteiger partial charge is 0.371 e. The first-order valence-electron chi connectivity index (χ1n) is 6.33. The fourth-order valence-electron chi connectivity index (χ4n) is 2.89. The van der Waals surface area contributed by atoms with Crippen LogP contribution in [0.1, 0.15) is 25.8 Å². The van der Waals surface area contributed by atoms with E-state index in [2.05, 4.69) is 18.7 Å². The number of piperidine rings is 1. The minimum Gasteiger partial charge on any atom is -0.371 e. The molecule has 0 bridgehead atoms. The second-order valence-electron chi connectivity index (χ2n) is 5.33. The zero-order valence-corrected chi connectivity index (χ0v) is 10.6. The summed E-state index contributed by atoms with van der Waals surface area (Å²) in [7, 11) is 0. The summed E-state index contributed by atoms with van der Waals surface area (Å²) in [6.45, 7) is 7.03. The van der Waals surface area contributed by atoms with Gasteiger partial charge in [0.05, 0.1) is 0 Å². The molecule has 1 aliphatic rings. The second-order valence-corrected chi connectivity index (χ2v) is 5.33. The number of halogens is 1. The minimum atomic E-state index is -0.202. The van der Waals surface area contributed by atoms with Gasteiger partial charge < -0.3 is 10.6 Å². The van der Waals surface area contributed by atoms with Crippen LogP contribution in [-0.4, -0.2) is 13.1 Å². The van der Waals surface area contributed by atoms with Gasteiger partial charge in [-0.3, -0.25) is 0 Å². The van der Waals surface area contributed by atoms with Crippen molar-refractivity contribution in [1.82, 2.24) is 0 Å². The molecule has 0 amide bonds. The highest BCUT2D eigenvalue weighted by molar-refractivity contribution is 5.54. The maximum absolute atomic E-state index is 13.2. The molecule has 2 unspecified atom stereocenters. The van der Waals surface area contributed by atoms with E-state index in [9.17, 15) is 4.39 Å². The highest BCUT2D eigenvalue weighted by Gasteiger charge is 2.23. The Hall–Kier alpha value is -1.09. The average Bonchev–Trinajstić information content (AvgIpc) is 2.27. The van der Waals surface area contributed by atoms with Crippen molar-refractivity contribution >= 4 is 5.69 Å². The minimum absolute atomic E-state index is 0.202. The van der Waals surface area contributed by atoms with Gasteiger partial charge in [0.1, 0.15) is 5.82 Å². The Labute approximate surface area is 103 Å². The van der Waals surface area contributed by atoms with Crippen molar-refractivity contribution in [3.63, 3.8) is 0 Å². The molecule has 1 saturated heterocycles. The van der Waals surface area contributed by atoms with Crippen LogP contribution in [0, 0.1) is 17.7 Å². The van der Waals surface area contributed by atoms with E-state index < -0.39 is 0 Å². The maximum Gasteiger partial charge on any atom is 0.123 e. The average molecular weight is 236 g/mol. The summed E-state index contributed by atoms with van der Waals surface area (Å²) in [6, 6.07) is 4.94. The first kappa shape index (κ1) is 12.4. The molecule has 17 heavy (non-hydrogen) atoms. The molecule has 1 heterocycles. The van der Waals surface area contributed by atoms with E-state index in [-0.39, 0.29) is 5.82 Å². The van der Waals surface area contributed by atoms with Gasteiger partial charge in [0.25, 0.3) is 0 Å². The number of benzene rings is 1. The lowest BCUT2D eigenvalue weighted by atomic mass is 9.91. The molecule has 0 aliphatic carbocycles. The molecular weight excluding hydrogens is 215 g/mol. The zero-order valence-electron chi connectivity index (χ0n) is 10.6. The smallest absolute Gasteiger partial charge is 0.123 e. The van der Waals surface area contributed by atoms with E-state index in [1.165, 1.54) is 12.5 Å². The van der Waals surface area contributed by atoms with E-state index in [4.69, 9.17) is 5.73 Å². The van der Waals surface area contributed by atoms with Crippen molar-refractivity contribution in [2.45, 2.75) is 26.8 Å². The predicted octanol–water partition coefficient (Wildman–Crippen LogP) is 2.77. The van der Waals surface area contributed by atoms with Crippen molar-refractivity contribution in [3.8, 4) is 0 Å². The normalized spacial score (nSPS) is 25.1. The summed E-state index contributed by atoms with van der Waals surface area (Å²) < 4.78 is 13.2. The van der Waals surface area contributed by atoms with Gasteiger partial charge in [0.2, 0.25) is 0 Å². The van der Waals surface area contributed by atoms with Crippen molar-refractivity contribution in [3.05, 3.63) is 29.6 Å². The monoisotopic (exact) mass is 236 g/mol. The van der Waals surface area contributed by atoms with E-state index >= 15 is 0 Å². The first-order valence-corrected chi connectivity index (χ1v) is 6.33. The van der Waals surface area contributed by atoms with Crippen LogP contribution in [-0.2, 0) is 6.54 Å². The van der Waals surface area contributed by atoms with E-state index in [1.54, 1.807) is 6.07 Å². The molecule has 1 aromatic carbocycles. The third-order valence-corrected chi connectivity index (χ3v) is 3.47. The highest BCUT2D eigenvalue weighted by atomic mass is 19.1. The third-order valence-electron chi connectivity index (χ3n) is 3.47. The van der Waals surface area contributed by atoms with Gasteiger partial charge in [-0.05, 0) is 42.0 Å². The summed E-state index contributed by atoms with van der Waals surface area (Å²) in [5, 5.41) is 0. The van der Waals surface area contributed by atoms with Crippen LogP contribution in [0.25, 0.3) is 0 Å². The van der Waals surface area contributed by atoms with E-state index in [0.717, 1.165) is 24.3 Å². The van der Waals surface area contributed by atoms with Crippen LogP contribution in [0.3, 0.4) is 0 Å². The molecule has 0 radical (unpaired) electrons. The molecular formula is C14H21FN2. The summed E-state index contributed by atoms with van der Waals surface area (Å²) in [4.78, 5) is 2.35. The Balaban J connectivity index is 2.26. The highest BCUT2D eigenvalue weighted by Crippen LogP contribution is 2.29. The fourth-order valence-corrected chi connectivity index (χ4v) is 2.89. The van der Waals surface area contributed by atoms with E-state index in [0.29, 0.717) is 18.4 Å². The molecule has 0 aromatic heterocycles. The molecule has 1 fully saturated rings. The Morgan fingerprint density at radius 3 is 2.53 bits per heavy atom. The quantitative estimate of drug-likeness (QED) is 0.855. The first-order chi connectivity index (χ1) is 8.10. The lowest BCUT2D eigenvalue weighted by Crippen LogP contribution is -2.39. The number of hydrogen-bond acceptors (Lipinski definition) is 2. The Morgan fingerprint density at radius 2 is 1.94 bits per heavy atom. The molecule has 94 valence electrons. The van der Waals surface area contributed by atoms with Gasteiger partial charge in [0, 0.05) is 25.3 Å². The molecule has 0 spiro atoms. The molecule has 2 nitrogen and oxygen atoms in total. The topological polar surface area (TPSA) is 29.3 Å². The Kier molecular flexibility index (Phi) is 3.67. The maximum atomic E-state index is 13.2. The lowest BCUT2D eigenvalue weighted by Gasteiger charge is -2.37. The Morgan fingerprint density at radius 1 is 1.29 bits per heavy atom. The van der Waals surface area contributed by atoms with Crippen LogP contribution in [0.4, 0.5) is 10.1 Å². The molecule has 3 heteroatoms. The van der Waals surface area contributed by atoms with Crippen LogP contribution in [0.5, 0.6) is 0 Å². The SMILES string of the molecule is CC1CC(C)CN(c2ccc(F)cc2CN)C1. The van der Waals surface area contributed by atoms with Crippen molar-refractivity contribution in [2.24, 2.45) is 17.6 Å². The number of anilines is 1. The third kappa shape index (κ3) is 2.78. The summed E-state index contributed by atoms with van der Waals surface area (Å²) in [6.07, 6.45) is 1.27. The van der Waals surface area contributed by atoms with Crippen molar-refractivity contribution in [2.75, 3.05) is 18.0 Å². The van der Waals surface area contributed by atoms with Crippen LogP contribution in [0.2, 0.25) is 0 Å². The number of rotatable bonds is 2.